The number of hydrogen-bond acceptors (Lipinski definition) is 7. The molecule has 230 valence electrons. The van der Waals surface area contributed by atoms with E-state index in [1.807, 2.05) is 18.4 Å². The largest absolute Gasteiger partial charge is 0.490 e. The molecular formula is C30H31ClF2N8O3. The summed E-state index contributed by atoms with van der Waals surface area (Å²) >= 11 is 6.22. The monoisotopic (exact) mass is 624 g/mol. The van der Waals surface area contributed by atoms with Crippen LogP contribution in [0.3, 0.4) is 0 Å². The molecule has 5 rings (SSSR count). The van der Waals surface area contributed by atoms with E-state index in [4.69, 9.17) is 37.2 Å². The van der Waals surface area contributed by atoms with E-state index in [-0.39, 0.29) is 41.4 Å². The number of carbonyl (C=O) groups excluding carboxylic acids is 1. The fourth-order valence-corrected chi connectivity index (χ4v) is 5.56. The molecule has 11 nitrogen and oxygen atoms in total. The van der Waals surface area contributed by atoms with Crippen LogP contribution in [0.2, 0.25) is 5.02 Å². The minimum atomic E-state index is -3.06. The number of nitrogens with zero attached hydrogens (tertiary/aromatic N) is 5. The lowest BCUT2D eigenvalue weighted by Crippen LogP contribution is -2.39. The van der Waals surface area contributed by atoms with E-state index in [1.165, 1.54) is 24.5 Å². The Morgan fingerprint density at radius 3 is 2.77 bits per heavy atom. The summed E-state index contributed by atoms with van der Waals surface area (Å²) in [5.74, 6) is 0.325. The molecule has 2 atom stereocenters. The highest BCUT2D eigenvalue weighted by Crippen LogP contribution is 2.38. The van der Waals surface area contributed by atoms with Gasteiger partial charge in [0.1, 0.15) is 29.0 Å². The maximum Gasteiger partial charge on any atom is 0.387 e. The van der Waals surface area contributed by atoms with Crippen molar-refractivity contribution in [2.45, 2.75) is 64.3 Å². The third-order valence-electron chi connectivity index (χ3n) is 7.14. The summed E-state index contributed by atoms with van der Waals surface area (Å²) in [5.41, 5.74) is 7.90. The fourth-order valence-electron chi connectivity index (χ4n) is 5.39. The summed E-state index contributed by atoms with van der Waals surface area (Å²) in [6.45, 7) is 0.687. The highest BCUT2D eigenvalue weighted by Gasteiger charge is 2.30. The van der Waals surface area contributed by atoms with Gasteiger partial charge >= 0.3 is 6.61 Å². The van der Waals surface area contributed by atoms with E-state index < -0.39 is 6.61 Å². The maximum absolute atomic E-state index is 13.5. The van der Waals surface area contributed by atoms with Gasteiger partial charge in [-0.15, -0.1) is 0 Å². The van der Waals surface area contributed by atoms with E-state index in [1.54, 1.807) is 24.3 Å². The van der Waals surface area contributed by atoms with Crippen molar-refractivity contribution in [3.63, 3.8) is 0 Å². The number of fused-ring (bicyclic) bond motifs is 1. The molecule has 0 bridgehead atoms. The topological polar surface area (TPSA) is 153 Å². The molecule has 0 unspecified atom stereocenters. The van der Waals surface area contributed by atoms with Gasteiger partial charge in [-0.25, -0.2) is 15.0 Å². The van der Waals surface area contributed by atoms with E-state index in [9.17, 15) is 13.6 Å². The second-order valence-corrected chi connectivity index (χ2v) is 11.0. The molecule has 1 saturated carbocycles. The number of amides is 1. The van der Waals surface area contributed by atoms with Gasteiger partial charge in [0, 0.05) is 23.3 Å². The van der Waals surface area contributed by atoms with Gasteiger partial charge < -0.3 is 25.1 Å². The first-order valence-corrected chi connectivity index (χ1v) is 14.4. The predicted molar refractivity (Wildman–Crippen MR) is 163 cm³/mol. The molecule has 1 aliphatic rings. The van der Waals surface area contributed by atoms with Crippen molar-refractivity contribution in [3.8, 4) is 23.0 Å². The number of nitrogens with two attached hydrogens (primary N) is 1. The number of pyridine rings is 2. The van der Waals surface area contributed by atoms with Crippen LogP contribution in [0.4, 0.5) is 8.78 Å². The molecule has 4 N–H and O–H groups in total. The second kappa shape index (κ2) is 13.3. The van der Waals surface area contributed by atoms with Crippen LogP contribution in [0.5, 0.6) is 11.5 Å². The molecule has 1 amide bonds. The van der Waals surface area contributed by atoms with Crippen molar-refractivity contribution >= 4 is 40.7 Å². The number of hydrogen-bond donors (Lipinski definition) is 3. The molecule has 0 spiro atoms. The number of halogens is 3. The first kappa shape index (κ1) is 30.8. The molecule has 1 aliphatic carbocycles. The number of rotatable bonds is 10. The standard InChI is InChI=1S/C30H31ClF2N8O3/c1-16(2)43-24-9-8-17(31)11-20(24)29(42)39-18-5-3-6-19(12-18)41-23-13-21(27(35)38-15-34)37-14-22(23)40-28(41)26-25(44-30(32)33)7-4-10-36-26/h4,7-11,13-16,18-19,30H,3,5-6,12H2,1-2H3,(H,39,42)(H3,34,35,38)/t18-,19+/m0/s1. The van der Waals surface area contributed by atoms with Gasteiger partial charge in [0.2, 0.25) is 0 Å². The van der Waals surface area contributed by atoms with E-state index in [0.29, 0.717) is 51.7 Å². The lowest BCUT2D eigenvalue weighted by Gasteiger charge is -2.32. The number of imidazole rings is 1. The Hall–Kier alpha value is -4.65. The van der Waals surface area contributed by atoms with E-state index >= 15 is 0 Å². The molecule has 4 aromatic rings. The number of nitrogens with one attached hydrogen (secondary N) is 2. The summed E-state index contributed by atoms with van der Waals surface area (Å²) in [6.07, 6.45) is 6.36. The maximum atomic E-state index is 13.5. The summed E-state index contributed by atoms with van der Waals surface area (Å²) in [4.78, 5) is 30.7. The van der Waals surface area contributed by atoms with Crippen molar-refractivity contribution < 1.29 is 23.0 Å². The Labute approximate surface area is 257 Å². The lowest BCUT2D eigenvalue weighted by molar-refractivity contribution is -0.0496. The van der Waals surface area contributed by atoms with Crippen molar-refractivity contribution in [2.24, 2.45) is 10.7 Å². The molecule has 3 heterocycles. The number of amidine groups is 1. The quantitative estimate of drug-likeness (QED) is 0.150. The fraction of sp³-hybridized carbons (Fsp3) is 0.333. The molecule has 3 aromatic heterocycles. The summed E-state index contributed by atoms with van der Waals surface area (Å²) < 4.78 is 39.2. The number of alkyl halides is 2. The van der Waals surface area contributed by atoms with Gasteiger partial charge in [-0.3, -0.25) is 15.2 Å². The molecule has 0 aliphatic heterocycles. The van der Waals surface area contributed by atoms with Crippen LogP contribution in [-0.4, -0.2) is 56.4 Å². The Kier molecular flexibility index (Phi) is 9.33. The summed E-state index contributed by atoms with van der Waals surface area (Å²) in [6, 6.07) is 9.07. The van der Waals surface area contributed by atoms with Crippen LogP contribution in [0.25, 0.3) is 22.6 Å². The highest BCUT2D eigenvalue weighted by molar-refractivity contribution is 6.31. The molecule has 1 fully saturated rings. The summed E-state index contributed by atoms with van der Waals surface area (Å²) in [5, 5.41) is 10.8. The van der Waals surface area contributed by atoms with Crippen molar-refractivity contribution in [1.29, 1.82) is 5.41 Å². The second-order valence-electron chi connectivity index (χ2n) is 10.5. The van der Waals surface area contributed by atoms with Gasteiger partial charge in [0.25, 0.3) is 5.91 Å². The first-order valence-electron chi connectivity index (χ1n) is 14.0. The predicted octanol–water partition coefficient (Wildman–Crippen LogP) is 5.76. The normalized spacial score (nSPS) is 17.2. The van der Waals surface area contributed by atoms with Crippen LogP contribution >= 0.6 is 11.6 Å². The molecule has 14 heteroatoms. The number of aliphatic imine (C=N–C) groups is 1. The lowest BCUT2D eigenvalue weighted by atomic mass is 9.90. The third-order valence-corrected chi connectivity index (χ3v) is 7.37. The van der Waals surface area contributed by atoms with Crippen molar-refractivity contribution in [1.82, 2.24) is 24.8 Å². The van der Waals surface area contributed by atoms with Crippen LogP contribution < -0.4 is 20.5 Å². The molecule has 0 radical (unpaired) electrons. The van der Waals surface area contributed by atoms with Crippen LogP contribution in [0, 0.1) is 5.41 Å². The van der Waals surface area contributed by atoms with Gasteiger partial charge in [0.15, 0.2) is 17.4 Å². The van der Waals surface area contributed by atoms with Crippen molar-refractivity contribution in [3.05, 3.63) is 65.1 Å². The van der Waals surface area contributed by atoms with Gasteiger partial charge in [-0.1, -0.05) is 11.6 Å². The highest BCUT2D eigenvalue weighted by atomic mass is 35.5. The molecule has 44 heavy (non-hydrogen) atoms. The van der Waals surface area contributed by atoms with Crippen LogP contribution in [0.15, 0.2) is 53.8 Å². The smallest absolute Gasteiger partial charge is 0.387 e. The third kappa shape index (κ3) is 6.77. The molecule has 0 saturated heterocycles. The number of benzene rings is 1. The van der Waals surface area contributed by atoms with E-state index in [2.05, 4.69) is 20.3 Å². The zero-order valence-corrected chi connectivity index (χ0v) is 24.8. The molecule has 1 aromatic carbocycles. The van der Waals surface area contributed by atoms with Crippen molar-refractivity contribution in [2.75, 3.05) is 0 Å². The first-order chi connectivity index (χ1) is 21.1. The Morgan fingerprint density at radius 1 is 1.20 bits per heavy atom. The van der Waals surface area contributed by atoms with E-state index in [0.717, 1.165) is 19.2 Å². The Morgan fingerprint density at radius 2 is 2.02 bits per heavy atom. The average Bonchev–Trinajstić information content (AvgIpc) is 3.36. The number of ether oxygens (including phenoxy) is 2. The zero-order valence-electron chi connectivity index (χ0n) is 24.0. The average molecular weight is 625 g/mol. The SMILES string of the molecule is CC(C)Oc1ccc(Cl)cc1C(=O)N[C@H]1CCC[C@@H](n2c(-c3ncccc3OC(F)F)nc3cnc(C(N)=NC=N)cc32)C1. The minimum Gasteiger partial charge on any atom is -0.490 e. The van der Waals surface area contributed by atoms with Gasteiger partial charge in [-0.2, -0.15) is 8.78 Å². The van der Waals surface area contributed by atoms with Crippen LogP contribution in [-0.2, 0) is 0 Å². The number of aromatic nitrogens is 4. The Bertz CT molecular complexity index is 1710. The Balaban J connectivity index is 1.54. The van der Waals surface area contributed by atoms with Gasteiger partial charge in [-0.05, 0) is 75.9 Å². The zero-order chi connectivity index (χ0) is 31.4. The van der Waals surface area contributed by atoms with Gasteiger partial charge in [0.05, 0.1) is 23.4 Å². The van der Waals surface area contributed by atoms with Crippen LogP contribution in [0.1, 0.15) is 61.6 Å². The number of carbonyl (C=O) groups is 1. The summed E-state index contributed by atoms with van der Waals surface area (Å²) in [7, 11) is 0. The minimum absolute atomic E-state index is 0.0329. The molecular weight excluding hydrogens is 594 g/mol.